The number of nitrogens with one attached hydrogen (secondary N) is 1. The molecule has 6 nitrogen and oxygen atoms in total. The van der Waals surface area contributed by atoms with Crippen LogP contribution in [0.1, 0.15) is 0 Å². The Balaban J connectivity index is 1.97. The van der Waals surface area contributed by atoms with E-state index in [4.69, 9.17) is 10.5 Å². The Kier molecular flexibility index (Phi) is 3.04. The van der Waals surface area contributed by atoms with Crippen molar-refractivity contribution in [2.45, 2.75) is 0 Å². The van der Waals surface area contributed by atoms with Crippen molar-refractivity contribution in [1.82, 2.24) is 15.0 Å². The summed E-state index contributed by atoms with van der Waals surface area (Å²) in [7, 11) is 1.64. The van der Waals surface area contributed by atoms with Crippen molar-refractivity contribution in [3.05, 3.63) is 42.9 Å². The number of hydrogen-bond acceptors (Lipinski definition) is 6. The number of benzene rings is 1. The molecule has 0 saturated heterocycles. The van der Waals surface area contributed by atoms with E-state index >= 15 is 0 Å². The van der Waals surface area contributed by atoms with Crippen molar-refractivity contribution in [3.8, 4) is 5.75 Å². The molecule has 0 aliphatic carbocycles. The van der Waals surface area contributed by atoms with Crippen LogP contribution >= 0.6 is 0 Å². The van der Waals surface area contributed by atoms with Gasteiger partial charge in [0.05, 0.1) is 18.0 Å². The van der Waals surface area contributed by atoms with Gasteiger partial charge in [0.25, 0.3) is 0 Å². The molecule has 0 aliphatic rings. The van der Waals surface area contributed by atoms with Crippen molar-refractivity contribution < 1.29 is 4.74 Å². The zero-order valence-corrected chi connectivity index (χ0v) is 10.9. The van der Waals surface area contributed by atoms with Crippen molar-refractivity contribution in [3.63, 3.8) is 0 Å². The average molecular weight is 267 g/mol. The van der Waals surface area contributed by atoms with Crippen LogP contribution in [0.2, 0.25) is 0 Å². The molecule has 3 N–H and O–H groups in total. The molecule has 0 saturated carbocycles. The lowest BCUT2D eigenvalue weighted by Crippen LogP contribution is -1.98. The van der Waals surface area contributed by atoms with E-state index in [1.54, 1.807) is 19.4 Å². The summed E-state index contributed by atoms with van der Waals surface area (Å²) in [6.45, 7) is 0. The van der Waals surface area contributed by atoms with Crippen LogP contribution in [0.3, 0.4) is 0 Å². The summed E-state index contributed by atoms with van der Waals surface area (Å²) < 4.78 is 5.13. The fourth-order valence-corrected chi connectivity index (χ4v) is 1.88. The van der Waals surface area contributed by atoms with E-state index in [1.807, 2.05) is 24.3 Å². The molecule has 1 aromatic carbocycles. The smallest absolute Gasteiger partial charge is 0.143 e. The maximum atomic E-state index is 5.65. The SMILES string of the molecule is COc1ccc(Nc2ncnc3cc(N)ncc23)cc1. The summed E-state index contributed by atoms with van der Waals surface area (Å²) in [4.78, 5) is 12.5. The fourth-order valence-electron chi connectivity index (χ4n) is 1.88. The largest absolute Gasteiger partial charge is 0.497 e. The lowest BCUT2D eigenvalue weighted by Gasteiger charge is -2.08. The quantitative estimate of drug-likeness (QED) is 0.757. The van der Waals surface area contributed by atoms with Crippen LogP contribution in [0, 0.1) is 0 Å². The van der Waals surface area contributed by atoms with Gasteiger partial charge in [-0.05, 0) is 24.3 Å². The van der Waals surface area contributed by atoms with E-state index in [0.29, 0.717) is 11.6 Å². The Hall–Kier alpha value is -2.89. The molecule has 0 atom stereocenters. The molecule has 3 rings (SSSR count). The van der Waals surface area contributed by atoms with Crippen LogP contribution < -0.4 is 15.8 Å². The normalized spacial score (nSPS) is 10.4. The van der Waals surface area contributed by atoms with Crippen LogP contribution in [0.4, 0.5) is 17.3 Å². The first-order valence-electron chi connectivity index (χ1n) is 6.03. The minimum Gasteiger partial charge on any atom is -0.497 e. The summed E-state index contributed by atoms with van der Waals surface area (Å²) in [5, 5.41) is 4.05. The van der Waals surface area contributed by atoms with Crippen LogP contribution in [-0.2, 0) is 0 Å². The second-order valence-corrected chi connectivity index (χ2v) is 4.20. The van der Waals surface area contributed by atoms with E-state index in [0.717, 1.165) is 22.3 Å². The van der Waals surface area contributed by atoms with Crippen molar-refractivity contribution in [2.24, 2.45) is 0 Å². The van der Waals surface area contributed by atoms with Gasteiger partial charge < -0.3 is 15.8 Å². The molecule has 0 aliphatic heterocycles. The second-order valence-electron chi connectivity index (χ2n) is 4.20. The van der Waals surface area contributed by atoms with Gasteiger partial charge in [0.15, 0.2) is 0 Å². The highest BCUT2D eigenvalue weighted by Gasteiger charge is 2.05. The third-order valence-electron chi connectivity index (χ3n) is 2.89. The topological polar surface area (TPSA) is 86.0 Å². The molecule has 0 bridgehead atoms. The lowest BCUT2D eigenvalue weighted by molar-refractivity contribution is 0.415. The minimum absolute atomic E-state index is 0.437. The number of ether oxygens (including phenoxy) is 1. The Morgan fingerprint density at radius 1 is 1.10 bits per heavy atom. The molecule has 3 aromatic rings. The Morgan fingerprint density at radius 3 is 2.65 bits per heavy atom. The van der Waals surface area contributed by atoms with Gasteiger partial charge in [-0.3, -0.25) is 0 Å². The van der Waals surface area contributed by atoms with Crippen LogP contribution in [0.25, 0.3) is 10.9 Å². The minimum atomic E-state index is 0.437. The molecule has 20 heavy (non-hydrogen) atoms. The fraction of sp³-hybridized carbons (Fsp3) is 0.0714. The molecule has 0 radical (unpaired) electrons. The summed E-state index contributed by atoms with van der Waals surface area (Å²) in [5.74, 6) is 1.93. The third-order valence-corrected chi connectivity index (χ3v) is 2.89. The summed E-state index contributed by atoms with van der Waals surface area (Å²) in [6, 6.07) is 9.30. The molecule has 6 heteroatoms. The van der Waals surface area contributed by atoms with Gasteiger partial charge in [-0.2, -0.15) is 0 Å². The van der Waals surface area contributed by atoms with Gasteiger partial charge in [0, 0.05) is 18.0 Å². The maximum absolute atomic E-state index is 5.65. The van der Waals surface area contributed by atoms with Crippen molar-refractivity contribution in [1.29, 1.82) is 0 Å². The third kappa shape index (κ3) is 2.31. The zero-order chi connectivity index (χ0) is 13.9. The van der Waals surface area contributed by atoms with Gasteiger partial charge in [0.2, 0.25) is 0 Å². The highest BCUT2D eigenvalue weighted by molar-refractivity contribution is 5.90. The summed E-state index contributed by atoms with van der Waals surface area (Å²) >= 11 is 0. The zero-order valence-electron chi connectivity index (χ0n) is 10.9. The highest BCUT2D eigenvalue weighted by atomic mass is 16.5. The standard InChI is InChI=1S/C14H13N5O/c1-20-10-4-2-9(3-5-10)19-14-11-7-16-13(15)6-12(11)17-8-18-14/h2-8H,1H3,(H2,15,16)(H,17,18,19). The number of pyridine rings is 1. The van der Waals surface area contributed by atoms with E-state index in [2.05, 4.69) is 20.3 Å². The monoisotopic (exact) mass is 267 g/mol. The van der Waals surface area contributed by atoms with Gasteiger partial charge in [-0.1, -0.05) is 0 Å². The number of methoxy groups -OCH3 is 1. The second kappa shape index (κ2) is 5.00. The molecule has 100 valence electrons. The number of rotatable bonds is 3. The number of nitrogens with two attached hydrogens (primary N) is 1. The predicted molar refractivity (Wildman–Crippen MR) is 78.0 cm³/mol. The molecule has 0 unspecified atom stereocenters. The summed E-state index contributed by atoms with van der Waals surface area (Å²) in [5.41, 5.74) is 7.31. The van der Waals surface area contributed by atoms with E-state index in [-0.39, 0.29) is 0 Å². The van der Waals surface area contributed by atoms with Crippen LogP contribution in [0.5, 0.6) is 5.75 Å². The average Bonchev–Trinajstić information content (AvgIpc) is 2.48. The first kappa shape index (κ1) is 12.2. The number of nitrogen functional groups attached to an aromatic ring is 1. The van der Waals surface area contributed by atoms with E-state index < -0.39 is 0 Å². The lowest BCUT2D eigenvalue weighted by atomic mass is 10.2. The van der Waals surface area contributed by atoms with Crippen molar-refractivity contribution >= 4 is 28.2 Å². The highest BCUT2D eigenvalue weighted by Crippen LogP contribution is 2.24. The molecule has 2 heterocycles. The van der Waals surface area contributed by atoms with Gasteiger partial charge in [-0.15, -0.1) is 0 Å². The Labute approximate surface area is 115 Å². The number of nitrogens with zero attached hydrogens (tertiary/aromatic N) is 3. The Bertz CT molecular complexity index is 742. The number of hydrogen-bond donors (Lipinski definition) is 2. The first-order valence-corrected chi connectivity index (χ1v) is 6.03. The van der Waals surface area contributed by atoms with Crippen LogP contribution in [0.15, 0.2) is 42.9 Å². The van der Waals surface area contributed by atoms with E-state index in [9.17, 15) is 0 Å². The van der Waals surface area contributed by atoms with Gasteiger partial charge >= 0.3 is 0 Å². The number of aromatic nitrogens is 3. The Morgan fingerprint density at radius 2 is 1.90 bits per heavy atom. The van der Waals surface area contributed by atoms with E-state index in [1.165, 1.54) is 6.33 Å². The molecule has 0 spiro atoms. The maximum Gasteiger partial charge on any atom is 0.143 e. The molecular weight excluding hydrogens is 254 g/mol. The molecule has 0 fully saturated rings. The van der Waals surface area contributed by atoms with Gasteiger partial charge in [0.1, 0.15) is 23.7 Å². The van der Waals surface area contributed by atoms with Gasteiger partial charge in [-0.25, -0.2) is 15.0 Å². The first-order chi connectivity index (χ1) is 9.76. The molecular formula is C14H13N5O. The molecule has 2 aromatic heterocycles. The summed E-state index contributed by atoms with van der Waals surface area (Å²) in [6.07, 6.45) is 3.16. The van der Waals surface area contributed by atoms with Crippen LogP contribution in [-0.4, -0.2) is 22.1 Å². The molecule has 0 amide bonds. The van der Waals surface area contributed by atoms with Crippen molar-refractivity contribution in [2.75, 3.05) is 18.2 Å². The number of anilines is 3. The number of fused-ring (bicyclic) bond motifs is 1. The predicted octanol–water partition coefficient (Wildman–Crippen LogP) is 2.36.